The first kappa shape index (κ1) is 13.2. The van der Waals surface area contributed by atoms with Gasteiger partial charge in [-0.2, -0.15) is 0 Å². The van der Waals surface area contributed by atoms with Crippen molar-refractivity contribution < 1.29 is 14.6 Å². The third kappa shape index (κ3) is 2.11. The third-order valence-corrected chi connectivity index (χ3v) is 4.50. The van der Waals surface area contributed by atoms with Crippen LogP contribution in [0, 0.1) is 6.92 Å². The van der Waals surface area contributed by atoms with Crippen LogP contribution in [0.15, 0.2) is 11.1 Å². The van der Waals surface area contributed by atoms with Gasteiger partial charge in [0.1, 0.15) is 4.83 Å². The van der Waals surface area contributed by atoms with E-state index in [-0.39, 0.29) is 24.7 Å². The van der Waals surface area contributed by atoms with E-state index in [1.165, 1.54) is 17.7 Å². The molecule has 7 nitrogen and oxygen atoms in total. The zero-order chi connectivity index (χ0) is 14.3. The smallest absolute Gasteiger partial charge is 0.262 e. The number of amides is 1. The minimum Gasteiger partial charge on any atom is -0.388 e. The Morgan fingerprint density at radius 2 is 2.40 bits per heavy atom. The molecule has 2 aromatic heterocycles. The molecule has 0 saturated carbocycles. The number of nitrogens with one attached hydrogen (secondary N) is 2. The molecule has 1 fully saturated rings. The highest BCUT2D eigenvalue weighted by molar-refractivity contribution is 7.20. The van der Waals surface area contributed by atoms with Crippen LogP contribution in [0.3, 0.4) is 0 Å². The molecule has 3 heterocycles. The molecule has 0 unspecified atom stereocenters. The lowest BCUT2D eigenvalue weighted by Crippen LogP contribution is -2.42. The van der Waals surface area contributed by atoms with Crippen molar-refractivity contribution in [3.8, 4) is 0 Å². The number of rotatable bonds is 2. The van der Waals surface area contributed by atoms with Gasteiger partial charge in [-0.25, -0.2) is 4.98 Å². The quantitative estimate of drug-likeness (QED) is 0.710. The molecule has 2 aromatic rings. The lowest BCUT2D eigenvalue weighted by molar-refractivity contribution is 0.0890. The summed E-state index contributed by atoms with van der Waals surface area (Å²) in [4.78, 5) is 31.5. The number of fused-ring (bicyclic) bond motifs is 1. The molecule has 0 radical (unpaired) electrons. The van der Waals surface area contributed by atoms with Gasteiger partial charge in [0.15, 0.2) is 0 Å². The average Bonchev–Trinajstić information content (AvgIpc) is 2.95. The summed E-state index contributed by atoms with van der Waals surface area (Å²) in [5.41, 5.74) is 0.345. The van der Waals surface area contributed by atoms with Gasteiger partial charge in [-0.15, -0.1) is 11.3 Å². The number of carbonyl (C=O) groups excluding carboxylic acids is 1. The number of thiophene rings is 1. The number of aliphatic hydroxyl groups excluding tert-OH is 1. The van der Waals surface area contributed by atoms with Crippen LogP contribution in [-0.2, 0) is 4.74 Å². The Kier molecular flexibility index (Phi) is 3.28. The number of hydrogen-bond acceptors (Lipinski definition) is 6. The predicted molar refractivity (Wildman–Crippen MR) is 73.1 cm³/mol. The summed E-state index contributed by atoms with van der Waals surface area (Å²) in [6.45, 7) is 2.22. The van der Waals surface area contributed by atoms with Crippen molar-refractivity contribution in [1.29, 1.82) is 0 Å². The van der Waals surface area contributed by atoms with Gasteiger partial charge in [-0.05, 0) is 12.5 Å². The largest absolute Gasteiger partial charge is 0.388 e. The highest BCUT2D eigenvalue weighted by atomic mass is 32.1. The second-order valence-electron chi connectivity index (χ2n) is 4.65. The monoisotopic (exact) mass is 295 g/mol. The van der Waals surface area contributed by atoms with E-state index in [4.69, 9.17) is 4.74 Å². The van der Waals surface area contributed by atoms with Crippen molar-refractivity contribution >= 4 is 27.5 Å². The summed E-state index contributed by atoms with van der Waals surface area (Å²) in [6.07, 6.45) is 0.617. The predicted octanol–water partition coefficient (Wildman–Crippen LogP) is -0.217. The number of aliphatic hydroxyl groups is 1. The van der Waals surface area contributed by atoms with Gasteiger partial charge in [0.05, 0.1) is 42.0 Å². The van der Waals surface area contributed by atoms with Crippen molar-refractivity contribution in [2.24, 2.45) is 0 Å². The number of carbonyl (C=O) groups is 1. The van der Waals surface area contributed by atoms with Crippen molar-refractivity contribution in [3.63, 3.8) is 0 Å². The molecule has 0 aliphatic carbocycles. The molecule has 0 aromatic carbocycles. The average molecular weight is 295 g/mol. The van der Waals surface area contributed by atoms with Gasteiger partial charge in [0, 0.05) is 0 Å². The number of aromatic amines is 1. The molecule has 1 amide bonds. The Morgan fingerprint density at radius 3 is 3.05 bits per heavy atom. The zero-order valence-corrected chi connectivity index (χ0v) is 11.5. The van der Waals surface area contributed by atoms with E-state index in [2.05, 4.69) is 15.3 Å². The fourth-order valence-electron chi connectivity index (χ4n) is 2.21. The van der Waals surface area contributed by atoms with Crippen LogP contribution in [0.1, 0.15) is 15.2 Å². The van der Waals surface area contributed by atoms with Gasteiger partial charge in [-0.1, -0.05) is 0 Å². The topological polar surface area (TPSA) is 104 Å². The number of nitrogens with zero attached hydrogens (tertiary/aromatic N) is 1. The minimum absolute atomic E-state index is 0.220. The first-order chi connectivity index (χ1) is 9.58. The number of ether oxygens (including phenoxy) is 1. The lowest BCUT2D eigenvalue weighted by atomic mass is 10.2. The molecular weight excluding hydrogens is 282 g/mol. The molecule has 0 spiro atoms. The van der Waals surface area contributed by atoms with E-state index in [0.29, 0.717) is 20.7 Å². The van der Waals surface area contributed by atoms with Crippen LogP contribution < -0.4 is 10.9 Å². The summed E-state index contributed by atoms with van der Waals surface area (Å²) < 4.78 is 5.09. The van der Waals surface area contributed by atoms with Crippen LogP contribution in [0.25, 0.3) is 10.2 Å². The Balaban J connectivity index is 1.94. The third-order valence-electron chi connectivity index (χ3n) is 3.31. The maximum Gasteiger partial charge on any atom is 0.262 e. The number of hydrogen-bond donors (Lipinski definition) is 3. The first-order valence-electron chi connectivity index (χ1n) is 6.11. The SMILES string of the molecule is Cc1c(C(=O)N[C@H]2COC[C@@H]2O)sc2nc[nH]c(=O)c12. The van der Waals surface area contributed by atoms with E-state index in [9.17, 15) is 14.7 Å². The van der Waals surface area contributed by atoms with E-state index in [1.807, 2.05) is 0 Å². The number of H-pyrrole nitrogens is 1. The fraction of sp³-hybridized carbons (Fsp3) is 0.417. The molecule has 3 N–H and O–H groups in total. The molecule has 0 bridgehead atoms. The van der Waals surface area contributed by atoms with E-state index >= 15 is 0 Å². The van der Waals surface area contributed by atoms with E-state index in [0.717, 1.165) is 0 Å². The second kappa shape index (κ2) is 4.97. The molecule has 106 valence electrons. The number of aromatic nitrogens is 2. The molecule has 1 saturated heterocycles. The molecule has 20 heavy (non-hydrogen) atoms. The van der Waals surface area contributed by atoms with E-state index < -0.39 is 12.1 Å². The van der Waals surface area contributed by atoms with E-state index in [1.54, 1.807) is 6.92 Å². The van der Waals surface area contributed by atoms with Crippen LogP contribution in [-0.4, -0.2) is 46.3 Å². The zero-order valence-electron chi connectivity index (χ0n) is 10.7. The summed E-state index contributed by atoms with van der Waals surface area (Å²) in [6, 6.07) is -0.418. The van der Waals surface area contributed by atoms with Crippen molar-refractivity contribution in [2.75, 3.05) is 13.2 Å². The fourth-order valence-corrected chi connectivity index (χ4v) is 3.26. The maximum absolute atomic E-state index is 12.2. The Hall–Kier alpha value is -1.77. The van der Waals surface area contributed by atoms with Crippen LogP contribution >= 0.6 is 11.3 Å². The van der Waals surface area contributed by atoms with Gasteiger partial charge >= 0.3 is 0 Å². The molecule has 2 atom stereocenters. The molecular formula is C12H13N3O4S. The van der Waals surface area contributed by atoms with Crippen LogP contribution in [0.5, 0.6) is 0 Å². The van der Waals surface area contributed by atoms with Crippen molar-refractivity contribution in [2.45, 2.75) is 19.1 Å². The summed E-state index contributed by atoms with van der Waals surface area (Å²) >= 11 is 1.17. The minimum atomic E-state index is -0.699. The highest BCUT2D eigenvalue weighted by Crippen LogP contribution is 2.26. The number of aryl methyl sites for hydroxylation is 1. The molecule has 1 aliphatic heterocycles. The standard InChI is InChI=1S/C12H13N3O4S/c1-5-8-10(17)13-4-14-12(8)20-9(5)11(18)15-6-2-19-3-7(6)16/h4,6-7,16H,2-3H2,1H3,(H,15,18)(H,13,14,17)/t6-,7-/m0/s1. The molecule has 1 aliphatic rings. The lowest BCUT2D eigenvalue weighted by Gasteiger charge is -2.13. The summed E-state index contributed by atoms with van der Waals surface area (Å²) in [5.74, 6) is -0.320. The van der Waals surface area contributed by atoms with Crippen molar-refractivity contribution in [3.05, 3.63) is 27.1 Å². The van der Waals surface area contributed by atoms with Crippen LogP contribution in [0.2, 0.25) is 0 Å². The van der Waals surface area contributed by atoms with Gasteiger partial charge in [0.2, 0.25) is 0 Å². The van der Waals surface area contributed by atoms with Crippen molar-refractivity contribution in [1.82, 2.24) is 15.3 Å². The Labute approximate surface area is 117 Å². The normalized spacial score (nSPS) is 22.3. The Morgan fingerprint density at radius 1 is 1.60 bits per heavy atom. The first-order valence-corrected chi connectivity index (χ1v) is 6.93. The Bertz CT molecular complexity index is 723. The highest BCUT2D eigenvalue weighted by Gasteiger charge is 2.29. The maximum atomic E-state index is 12.2. The summed E-state index contributed by atoms with van der Waals surface area (Å²) in [7, 11) is 0. The second-order valence-corrected chi connectivity index (χ2v) is 5.65. The van der Waals surface area contributed by atoms with Crippen LogP contribution in [0.4, 0.5) is 0 Å². The summed E-state index contributed by atoms with van der Waals surface area (Å²) in [5, 5.41) is 12.8. The van der Waals surface area contributed by atoms with Gasteiger partial charge < -0.3 is 20.1 Å². The van der Waals surface area contributed by atoms with Gasteiger partial charge in [-0.3, -0.25) is 9.59 Å². The molecule has 3 rings (SSSR count). The molecule has 8 heteroatoms. The van der Waals surface area contributed by atoms with Gasteiger partial charge in [0.25, 0.3) is 11.5 Å².